The lowest BCUT2D eigenvalue weighted by Crippen LogP contribution is -2.02. The van der Waals surface area contributed by atoms with E-state index in [0.717, 1.165) is 23.8 Å². The molecule has 0 saturated heterocycles. The molecule has 0 atom stereocenters. The summed E-state index contributed by atoms with van der Waals surface area (Å²) in [5.41, 5.74) is 0.373. The molecule has 2 aromatic rings. The first-order valence-electron chi connectivity index (χ1n) is 5.61. The molecule has 1 aromatic carbocycles. The van der Waals surface area contributed by atoms with Crippen LogP contribution >= 0.6 is 0 Å². The van der Waals surface area contributed by atoms with Gasteiger partial charge in [0, 0.05) is 30.1 Å². The molecule has 2 rings (SSSR count). The van der Waals surface area contributed by atoms with Crippen LogP contribution in [0.5, 0.6) is 5.75 Å². The number of aromatic carboxylic acids is 1. The number of hydrogen-bond donors (Lipinski definition) is 1. The number of nitrogens with zero attached hydrogens (tertiary/aromatic N) is 2. The van der Waals surface area contributed by atoms with E-state index in [4.69, 9.17) is 9.84 Å². The summed E-state index contributed by atoms with van der Waals surface area (Å²) in [6, 6.07) is 6.87. The molecule has 20 heavy (non-hydrogen) atoms. The molecule has 7 nitrogen and oxygen atoms in total. The van der Waals surface area contributed by atoms with E-state index in [1.54, 1.807) is 24.5 Å². The molecule has 0 unspecified atom stereocenters. The number of carbonyl (C=O) groups is 1. The van der Waals surface area contributed by atoms with Crippen molar-refractivity contribution in [3.63, 3.8) is 0 Å². The Hall–Kier alpha value is -2.96. The molecular weight excluding hydrogens is 264 g/mol. The second-order valence-corrected chi connectivity index (χ2v) is 3.89. The van der Waals surface area contributed by atoms with Crippen molar-refractivity contribution in [3.05, 3.63) is 64.0 Å². The van der Waals surface area contributed by atoms with Crippen LogP contribution in [0.1, 0.15) is 15.9 Å². The Bertz CT molecular complexity index is 642. The molecule has 0 amide bonds. The first-order valence-corrected chi connectivity index (χ1v) is 5.61. The number of carboxylic acid groups (broad SMARTS) is 1. The van der Waals surface area contributed by atoms with Crippen LogP contribution in [-0.4, -0.2) is 21.0 Å². The molecular formula is C13H10N2O5. The number of rotatable bonds is 5. The van der Waals surface area contributed by atoms with Crippen molar-refractivity contribution in [2.45, 2.75) is 6.61 Å². The second-order valence-electron chi connectivity index (χ2n) is 3.89. The predicted octanol–water partition coefficient (Wildman–Crippen LogP) is 2.27. The average Bonchev–Trinajstić information content (AvgIpc) is 2.45. The Labute approximate surface area is 113 Å². The molecule has 1 aromatic heterocycles. The molecule has 0 radical (unpaired) electrons. The van der Waals surface area contributed by atoms with E-state index >= 15 is 0 Å². The third kappa shape index (κ3) is 3.08. The smallest absolute Gasteiger partial charge is 0.335 e. The van der Waals surface area contributed by atoms with Gasteiger partial charge >= 0.3 is 11.7 Å². The van der Waals surface area contributed by atoms with Crippen molar-refractivity contribution >= 4 is 11.7 Å². The summed E-state index contributed by atoms with van der Waals surface area (Å²) in [4.78, 5) is 25.0. The highest BCUT2D eigenvalue weighted by molar-refractivity contribution is 5.88. The zero-order valence-corrected chi connectivity index (χ0v) is 10.2. The molecule has 7 heteroatoms. The van der Waals surface area contributed by atoms with Gasteiger partial charge in [-0.1, -0.05) is 6.07 Å². The number of aromatic nitrogens is 1. The summed E-state index contributed by atoms with van der Waals surface area (Å²) in [5.74, 6) is -1.26. The van der Waals surface area contributed by atoms with Crippen LogP contribution in [0.25, 0.3) is 0 Å². The van der Waals surface area contributed by atoms with Crippen LogP contribution < -0.4 is 4.74 Å². The Morgan fingerprint density at radius 3 is 2.80 bits per heavy atom. The van der Waals surface area contributed by atoms with E-state index in [1.807, 2.05) is 0 Å². The third-order valence-electron chi connectivity index (χ3n) is 2.52. The molecule has 0 aliphatic heterocycles. The highest BCUT2D eigenvalue weighted by Crippen LogP contribution is 2.28. The van der Waals surface area contributed by atoms with Gasteiger partial charge in [-0.15, -0.1) is 0 Å². The lowest BCUT2D eigenvalue weighted by atomic mass is 10.2. The molecule has 0 saturated carbocycles. The van der Waals surface area contributed by atoms with E-state index < -0.39 is 10.9 Å². The average molecular weight is 274 g/mol. The van der Waals surface area contributed by atoms with Gasteiger partial charge in [0.15, 0.2) is 5.75 Å². The van der Waals surface area contributed by atoms with Crippen molar-refractivity contribution in [1.82, 2.24) is 4.98 Å². The number of pyridine rings is 1. The monoisotopic (exact) mass is 274 g/mol. The molecule has 102 valence electrons. The van der Waals surface area contributed by atoms with Gasteiger partial charge in [-0.05, 0) is 12.1 Å². The zero-order valence-electron chi connectivity index (χ0n) is 10.2. The van der Waals surface area contributed by atoms with Gasteiger partial charge in [0.2, 0.25) is 0 Å². The standard InChI is InChI=1S/C13H10N2O5/c16-13(17)10-3-4-11(15(18)19)12(6-10)20-8-9-2-1-5-14-7-9/h1-7H,8H2,(H,16,17). The maximum absolute atomic E-state index is 10.9. The van der Waals surface area contributed by atoms with Crippen LogP contribution in [0.3, 0.4) is 0 Å². The molecule has 0 aliphatic carbocycles. The van der Waals surface area contributed by atoms with Crippen molar-refractivity contribution in [2.24, 2.45) is 0 Å². The number of ether oxygens (including phenoxy) is 1. The Balaban J connectivity index is 2.26. The minimum Gasteiger partial charge on any atom is -0.482 e. The molecule has 0 aliphatic rings. The maximum Gasteiger partial charge on any atom is 0.335 e. The van der Waals surface area contributed by atoms with E-state index in [-0.39, 0.29) is 23.6 Å². The Kier molecular flexibility index (Phi) is 3.90. The van der Waals surface area contributed by atoms with E-state index in [1.165, 1.54) is 0 Å². The summed E-state index contributed by atoms with van der Waals surface area (Å²) < 4.78 is 5.33. The number of benzene rings is 1. The fraction of sp³-hybridized carbons (Fsp3) is 0.0769. The fourth-order valence-corrected chi connectivity index (χ4v) is 1.56. The lowest BCUT2D eigenvalue weighted by molar-refractivity contribution is -0.385. The quantitative estimate of drug-likeness (QED) is 0.662. The molecule has 0 fully saturated rings. The van der Waals surface area contributed by atoms with Gasteiger partial charge < -0.3 is 9.84 Å². The Morgan fingerprint density at radius 1 is 1.40 bits per heavy atom. The Morgan fingerprint density at radius 2 is 2.20 bits per heavy atom. The number of carboxylic acids is 1. The molecule has 1 heterocycles. The van der Waals surface area contributed by atoms with Crippen LogP contribution in [0, 0.1) is 10.1 Å². The lowest BCUT2D eigenvalue weighted by Gasteiger charge is -2.07. The summed E-state index contributed by atoms with van der Waals surface area (Å²) >= 11 is 0. The van der Waals surface area contributed by atoms with Gasteiger partial charge in [0.1, 0.15) is 6.61 Å². The van der Waals surface area contributed by atoms with Gasteiger partial charge in [0.05, 0.1) is 10.5 Å². The normalized spacial score (nSPS) is 10.0. The summed E-state index contributed by atoms with van der Waals surface area (Å²) in [5, 5.41) is 19.8. The van der Waals surface area contributed by atoms with Crippen LogP contribution in [0.4, 0.5) is 5.69 Å². The summed E-state index contributed by atoms with van der Waals surface area (Å²) in [6.07, 6.45) is 3.16. The highest BCUT2D eigenvalue weighted by atomic mass is 16.6. The number of nitro groups is 1. The third-order valence-corrected chi connectivity index (χ3v) is 2.52. The van der Waals surface area contributed by atoms with E-state index in [2.05, 4.69) is 4.98 Å². The minimum absolute atomic E-state index is 0.0672. The van der Waals surface area contributed by atoms with Crippen LogP contribution in [0.2, 0.25) is 0 Å². The van der Waals surface area contributed by atoms with Crippen molar-refractivity contribution in [2.75, 3.05) is 0 Å². The van der Waals surface area contributed by atoms with Crippen molar-refractivity contribution in [1.29, 1.82) is 0 Å². The van der Waals surface area contributed by atoms with Crippen molar-refractivity contribution < 1.29 is 19.6 Å². The SMILES string of the molecule is O=C(O)c1ccc([N+](=O)[O-])c(OCc2cccnc2)c1. The number of nitro benzene ring substituents is 1. The van der Waals surface area contributed by atoms with Crippen LogP contribution in [0.15, 0.2) is 42.7 Å². The topological polar surface area (TPSA) is 103 Å². The van der Waals surface area contributed by atoms with Gasteiger partial charge in [-0.3, -0.25) is 15.1 Å². The number of hydrogen-bond acceptors (Lipinski definition) is 5. The zero-order chi connectivity index (χ0) is 14.5. The first-order chi connectivity index (χ1) is 9.58. The largest absolute Gasteiger partial charge is 0.482 e. The van der Waals surface area contributed by atoms with E-state index in [9.17, 15) is 14.9 Å². The molecule has 0 spiro atoms. The summed E-state index contributed by atoms with van der Waals surface area (Å²) in [6.45, 7) is 0.0672. The first kappa shape index (κ1) is 13.5. The van der Waals surface area contributed by atoms with Gasteiger partial charge in [0.25, 0.3) is 0 Å². The van der Waals surface area contributed by atoms with Gasteiger partial charge in [-0.25, -0.2) is 4.79 Å². The highest BCUT2D eigenvalue weighted by Gasteiger charge is 2.18. The molecule has 1 N–H and O–H groups in total. The van der Waals surface area contributed by atoms with Crippen molar-refractivity contribution in [3.8, 4) is 5.75 Å². The second kappa shape index (κ2) is 5.79. The fourth-order valence-electron chi connectivity index (χ4n) is 1.56. The predicted molar refractivity (Wildman–Crippen MR) is 68.6 cm³/mol. The summed E-state index contributed by atoms with van der Waals surface area (Å²) in [7, 11) is 0. The maximum atomic E-state index is 10.9. The molecule has 0 bridgehead atoms. The minimum atomic E-state index is -1.17. The van der Waals surface area contributed by atoms with Crippen LogP contribution in [-0.2, 0) is 6.61 Å². The van der Waals surface area contributed by atoms with E-state index in [0.29, 0.717) is 0 Å². The van der Waals surface area contributed by atoms with Gasteiger partial charge in [-0.2, -0.15) is 0 Å².